The average molecular weight is 244 g/mol. The Labute approximate surface area is 102 Å². The topological polar surface area (TPSA) is 41.5 Å². The van der Waals surface area contributed by atoms with E-state index in [4.69, 9.17) is 4.74 Å². The molecule has 1 atom stereocenters. The molecule has 0 unspecified atom stereocenters. The Morgan fingerprint density at radius 2 is 1.94 bits per heavy atom. The summed E-state index contributed by atoms with van der Waals surface area (Å²) < 4.78 is 5.45. The molecule has 1 aromatic rings. The van der Waals surface area contributed by atoms with Gasteiger partial charge in [0, 0.05) is 6.54 Å². The van der Waals surface area contributed by atoms with E-state index in [1.54, 1.807) is 12.1 Å². The van der Waals surface area contributed by atoms with Crippen LogP contribution >= 0.6 is 12.4 Å². The van der Waals surface area contributed by atoms with Crippen molar-refractivity contribution >= 4 is 12.4 Å². The van der Waals surface area contributed by atoms with Crippen LogP contribution < -0.4 is 5.32 Å². The molecule has 4 heteroatoms. The van der Waals surface area contributed by atoms with Crippen LogP contribution in [-0.4, -0.2) is 24.9 Å². The number of morpholine rings is 1. The SMILES string of the molecule is Cc1cc(O)cc(C)c1[C@@H]1COCCN1.Cl. The maximum Gasteiger partial charge on any atom is 0.116 e. The van der Waals surface area contributed by atoms with Crippen LogP contribution in [0.1, 0.15) is 22.7 Å². The van der Waals surface area contributed by atoms with Gasteiger partial charge in [0.1, 0.15) is 5.75 Å². The standard InChI is InChI=1S/C12H17NO2.ClH/c1-8-5-10(14)6-9(2)12(8)11-7-15-4-3-13-11;/h5-6,11,13-14H,3-4,7H2,1-2H3;1H/t11-;/m0./s1. The van der Waals surface area contributed by atoms with Crippen LogP contribution in [0.15, 0.2) is 12.1 Å². The summed E-state index contributed by atoms with van der Waals surface area (Å²) in [6.45, 7) is 6.44. The number of hydrogen-bond donors (Lipinski definition) is 2. The van der Waals surface area contributed by atoms with Crippen molar-refractivity contribution < 1.29 is 9.84 Å². The molecule has 0 spiro atoms. The van der Waals surface area contributed by atoms with E-state index in [2.05, 4.69) is 5.32 Å². The summed E-state index contributed by atoms with van der Waals surface area (Å²) in [5.41, 5.74) is 3.50. The summed E-state index contributed by atoms with van der Waals surface area (Å²) in [6, 6.07) is 3.87. The molecule has 1 heterocycles. The first-order chi connectivity index (χ1) is 7.18. The number of phenolic OH excluding ortho intramolecular Hbond substituents is 1. The molecule has 0 aromatic heterocycles. The number of benzene rings is 1. The Morgan fingerprint density at radius 3 is 2.44 bits per heavy atom. The molecule has 0 radical (unpaired) electrons. The van der Waals surface area contributed by atoms with Crippen LogP contribution in [-0.2, 0) is 4.74 Å². The van der Waals surface area contributed by atoms with Crippen molar-refractivity contribution in [3.05, 3.63) is 28.8 Å². The van der Waals surface area contributed by atoms with Crippen molar-refractivity contribution in [1.82, 2.24) is 5.32 Å². The van der Waals surface area contributed by atoms with Gasteiger partial charge in [-0.2, -0.15) is 0 Å². The quantitative estimate of drug-likeness (QED) is 0.794. The highest BCUT2D eigenvalue weighted by Gasteiger charge is 2.19. The second-order valence-corrected chi connectivity index (χ2v) is 4.07. The third-order valence-electron chi connectivity index (χ3n) is 2.85. The molecule has 0 saturated carbocycles. The van der Waals surface area contributed by atoms with Gasteiger partial charge >= 0.3 is 0 Å². The first-order valence-corrected chi connectivity index (χ1v) is 5.29. The average Bonchev–Trinajstić information content (AvgIpc) is 2.17. The van der Waals surface area contributed by atoms with Crippen LogP contribution in [0.4, 0.5) is 0 Å². The highest BCUT2D eigenvalue weighted by Crippen LogP contribution is 2.27. The first kappa shape index (κ1) is 13.3. The summed E-state index contributed by atoms with van der Waals surface area (Å²) in [7, 11) is 0. The smallest absolute Gasteiger partial charge is 0.116 e. The third-order valence-corrected chi connectivity index (χ3v) is 2.85. The molecule has 0 aliphatic carbocycles. The second-order valence-electron chi connectivity index (χ2n) is 4.07. The molecular weight excluding hydrogens is 226 g/mol. The fourth-order valence-corrected chi connectivity index (χ4v) is 2.25. The molecule has 2 rings (SSSR count). The number of phenols is 1. The second kappa shape index (κ2) is 5.53. The highest BCUT2D eigenvalue weighted by molar-refractivity contribution is 5.85. The van der Waals surface area contributed by atoms with Gasteiger partial charge in [0.05, 0.1) is 19.3 Å². The molecule has 2 N–H and O–H groups in total. The molecule has 0 bridgehead atoms. The number of aryl methyl sites for hydroxylation is 2. The Bertz CT molecular complexity index is 339. The molecule has 0 amide bonds. The first-order valence-electron chi connectivity index (χ1n) is 5.29. The molecule has 90 valence electrons. The van der Waals surface area contributed by atoms with Crippen molar-refractivity contribution in [2.75, 3.05) is 19.8 Å². The molecular formula is C12H18ClNO2. The predicted molar refractivity (Wildman–Crippen MR) is 66.4 cm³/mol. The van der Waals surface area contributed by atoms with Gasteiger partial charge in [-0.1, -0.05) is 0 Å². The minimum Gasteiger partial charge on any atom is -0.508 e. The van der Waals surface area contributed by atoms with Crippen LogP contribution in [0, 0.1) is 13.8 Å². The predicted octanol–water partition coefficient (Wildman–Crippen LogP) is 2.09. The van der Waals surface area contributed by atoms with E-state index < -0.39 is 0 Å². The Morgan fingerprint density at radius 1 is 1.31 bits per heavy atom. The van der Waals surface area contributed by atoms with Crippen LogP contribution in [0.5, 0.6) is 5.75 Å². The number of aromatic hydroxyl groups is 1. The number of hydrogen-bond acceptors (Lipinski definition) is 3. The van der Waals surface area contributed by atoms with E-state index in [0.29, 0.717) is 12.4 Å². The minimum atomic E-state index is 0. The summed E-state index contributed by atoms with van der Waals surface area (Å²) in [4.78, 5) is 0. The zero-order chi connectivity index (χ0) is 10.8. The van der Waals surface area contributed by atoms with Gasteiger partial charge in [-0.25, -0.2) is 0 Å². The molecule has 1 aromatic carbocycles. The van der Waals surface area contributed by atoms with Gasteiger partial charge in [0.25, 0.3) is 0 Å². The van der Waals surface area contributed by atoms with Crippen molar-refractivity contribution in [2.24, 2.45) is 0 Å². The number of rotatable bonds is 1. The maximum absolute atomic E-state index is 9.47. The number of nitrogens with one attached hydrogen (secondary N) is 1. The monoisotopic (exact) mass is 243 g/mol. The van der Waals surface area contributed by atoms with E-state index in [9.17, 15) is 5.11 Å². The molecule has 1 saturated heterocycles. The molecule has 16 heavy (non-hydrogen) atoms. The lowest BCUT2D eigenvalue weighted by Crippen LogP contribution is -2.35. The molecule has 1 aliphatic rings. The van der Waals surface area contributed by atoms with Gasteiger partial charge in [-0.15, -0.1) is 12.4 Å². The van der Waals surface area contributed by atoms with Gasteiger partial charge in [0.2, 0.25) is 0 Å². The summed E-state index contributed by atoms with van der Waals surface area (Å²) >= 11 is 0. The normalized spacial score (nSPS) is 20.2. The van der Waals surface area contributed by atoms with Crippen molar-refractivity contribution in [3.63, 3.8) is 0 Å². The Hall–Kier alpha value is -0.770. The van der Waals surface area contributed by atoms with Gasteiger partial charge < -0.3 is 15.2 Å². The van der Waals surface area contributed by atoms with E-state index in [-0.39, 0.29) is 18.4 Å². The summed E-state index contributed by atoms with van der Waals surface area (Å²) in [5, 5.41) is 12.9. The highest BCUT2D eigenvalue weighted by atomic mass is 35.5. The fraction of sp³-hybridized carbons (Fsp3) is 0.500. The summed E-state index contributed by atoms with van der Waals surface area (Å²) in [6.07, 6.45) is 0. The Balaban J connectivity index is 0.00000128. The lowest BCUT2D eigenvalue weighted by molar-refractivity contribution is 0.0765. The Kier molecular flexibility index (Phi) is 4.59. The lowest BCUT2D eigenvalue weighted by atomic mass is 9.95. The third kappa shape index (κ3) is 2.67. The molecule has 1 aliphatic heterocycles. The van der Waals surface area contributed by atoms with Crippen LogP contribution in [0.3, 0.4) is 0 Å². The number of ether oxygens (including phenoxy) is 1. The maximum atomic E-state index is 9.47. The van der Waals surface area contributed by atoms with Crippen molar-refractivity contribution in [1.29, 1.82) is 0 Å². The largest absolute Gasteiger partial charge is 0.508 e. The van der Waals surface area contributed by atoms with Gasteiger partial charge in [-0.3, -0.25) is 0 Å². The van der Waals surface area contributed by atoms with E-state index in [1.165, 1.54) is 5.56 Å². The minimum absolute atomic E-state index is 0. The van der Waals surface area contributed by atoms with Crippen LogP contribution in [0.25, 0.3) is 0 Å². The van der Waals surface area contributed by atoms with Crippen LogP contribution in [0.2, 0.25) is 0 Å². The number of halogens is 1. The van der Waals surface area contributed by atoms with Crippen molar-refractivity contribution in [2.45, 2.75) is 19.9 Å². The summed E-state index contributed by atoms with van der Waals surface area (Å²) in [5.74, 6) is 0.338. The van der Waals surface area contributed by atoms with E-state index in [0.717, 1.165) is 24.3 Å². The molecule has 3 nitrogen and oxygen atoms in total. The lowest BCUT2D eigenvalue weighted by Gasteiger charge is -2.27. The zero-order valence-corrected chi connectivity index (χ0v) is 10.4. The van der Waals surface area contributed by atoms with Gasteiger partial charge in [-0.05, 0) is 42.7 Å². The fourth-order valence-electron chi connectivity index (χ4n) is 2.25. The van der Waals surface area contributed by atoms with Gasteiger partial charge in [0.15, 0.2) is 0 Å². The van der Waals surface area contributed by atoms with E-state index >= 15 is 0 Å². The zero-order valence-electron chi connectivity index (χ0n) is 9.62. The van der Waals surface area contributed by atoms with E-state index in [1.807, 2.05) is 13.8 Å². The van der Waals surface area contributed by atoms with Crippen molar-refractivity contribution in [3.8, 4) is 5.75 Å². The molecule has 1 fully saturated rings.